The Morgan fingerprint density at radius 3 is 1.74 bits per heavy atom. The van der Waals surface area contributed by atoms with Crippen LogP contribution < -0.4 is 31.1 Å². The predicted molar refractivity (Wildman–Crippen MR) is 321 cm³/mol. The standard InChI is InChI=1S/C69H74BN3S/c1-41-34-56-62-57(35-41)73-63-60(68(12)28-16-17-29-69(68,73)13)42(2)36-43(3)61(63)70(62)54-27-23-46(39-55(54)72(56)47-20-24-49-48-18-14-15-19-58(48)74-59(49)40-47)71(44-21-25-50-52(37-44)66(8,9)32-30-64(50,4)5)45-22-26-51-53(38-45)67(10,11)33-31-65(51,6)7/h14-15,18-27,34-40H,16-17,28-33H2,1-13H3. The molecular weight excluding hydrogens is 914 g/mol. The number of aryl methyl sites for hydroxylation is 3. The van der Waals surface area contributed by atoms with E-state index in [1.165, 1.54) is 172 Å². The van der Waals surface area contributed by atoms with Crippen molar-refractivity contribution in [1.29, 1.82) is 0 Å². The molecule has 4 heterocycles. The molecule has 7 aromatic carbocycles. The number of anilines is 8. The lowest BCUT2D eigenvalue weighted by Crippen LogP contribution is -2.65. The van der Waals surface area contributed by atoms with E-state index >= 15 is 0 Å². The van der Waals surface area contributed by atoms with Gasteiger partial charge in [-0.05, 0) is 210 Å². The topological polar surface area (TPSA) is 9.72 Å². The first-order chi connectivity index (χ1) is 35.1. The SMILES string of the molecule is Cc1cc2c3c(c1)N1c4c(c(C)cc(C)c4C4(C)CCCCC14C)B3c1ccc(N(c3ccc4c(c3)C(C)(C)CCC4(C)C)c3ccc4c(c3)C(C)(C)CCC4(C)C)cc1N2c1ccc2c(c1)sc1ccccc12. The van der Waals surface area contributed by atoms with Gasteiger partial charge in [-0.15, -0.1) is 11.3 Å². The van der Waals surface area contributed by atoms with Gasteiger partial charge in [0.25, 0.3) is 6.71 Å². The van der Waals surface area contributed by atoms with E-state index in [-0.39, 0.29) is 39.3 Å². The summed E-state index contributed by atoms with van der Waals surface area (Å²) in [5, 5.41) is 2.68. The fourth-order valence-electron chi connectivity index (χ4n) is 16.3. The van der Waals surface area contributed by atoms with E-state index in [9.17, 15) is 0 Å². The van der Waals surface area contributed by atoms with Crippen LogP contribution in [-0.4, -0.2) is 12.3 Å². The average molecular weight is 988 g/mol. The Hall–Kier alpha value is -5.78. The average Bonchev–Trinajstić information content (AvgIpc) is 3.83. The Balaban J connectivity index is 1.06. The molecule has 2 atom stereocenters. The summed E-state index contributed by atoms with van der Waals surface area (Å²) >= 11 is 1.92. The van der Waals surface area contributed by atoms with Crippen molar-refractivity contribution >= 4 is 100 Å². The van der Waals surface area contributed by atoms with Gasteiger partial charge in [0.2, 0.25) is 0 Å². The lowest BCUT2D eigenvalue weighted by atomic mass is 9.32. The Labute approximate surface area is 446 Å². The molecule has 0 N–H and O–H groups in total. The molecule has 3 nitrogen and oxygen atoms in total. The Kier molecular flexibility index (Phi) is 9.61. The van der Waals surface area contributed by atoms with Crippen LogP contribution in [0.4, 0.5) is 45.5 Å². The highest BCUT2D eigenvalue weighted by Crippen LogP contribution is 2.63. The van der Waals surface area contributed by atoms with E-state index in [0.29, 0.717) is 0 Å². The minimum Gasteiger partial charge on any atom is -0.335 e. The summed E-state index contributed by atoms with van der Waals surface area (Å²) in [5.74, 6) is 0. The predicted octanol–water partition coefficient (Wildman–Crippen LogP) is 17.5. The zero-order valence-electron chi connectivity index (χ0n) is 46.5. The molecule has 0 saturated heterocycles. The Bertz CT molecular complexity index is 3680. The van der Waals surface area contributed by atoms with Crippen LogP contribution in [0, 0.1) is 20.8 Å². The van der Waals surface area contributed by atoms with E-state index < -0.39 is 0 Å². The van der Waals surface area contributed by atoms with Crippen molar-refractivity contribution in [2.45, 2.75) is 174 Å². The van der Waals surface area contributed by atoms with Gasteiger partial charge in [-0.2, -0.15) is 0 Å². The molecule has 3 aliphatic carbocycles. The van der Waals surface area contributed by atoms with Crippen molar-refractivity contribution in [3.63, 3.8) is 0 Å². The van der Waals surface area contributed by atoms with Crippen LogP contribution in [0.3, 0.4) is 0 Å². The number of hydrogen-bond acceptors (Lipinski definition) is 4. The zero-order valence-corrected chi connectivity index (χ0v) is 47.3. The van der Waals surface area contributed by atoms with Crippen molar-refractivity contribution in [1.82, 2.24) is 0 Å². The van der Waals surface area contributed by atoms with Crippen molar-refractivity contribution in [2.75, 3.05) is 14.7 Å². The minimum atomic E-state index is -0.0316. The van der Waals surface area contributed by atoms with E-state index in [2.05, 4.69) is 220 Å². The van der Waals surface area contributed by atoms with Gasteiger partial charge in [0, 0.05) is 71.1 Å². The van der Waals surface area contributed by atoms with Gasteiger partial charge in [-0.1, -0.05) is 129 Å². The molecule has 3 aliphatic heterocycles. The highest BCUT2D eigenvalue weighted by molar-refractivity contribution is 7.25. The Morgan fingerprint density at radius 1 is 0.486 bits per heavy atom. The second-order valence-corrected chi connectivity index (χ2v) is 28.2. The van der Waals surface area contributed by atoms with Gasteiger partial charge in [-0.3, -0.25) is 0 Å². The van der Waals surface area contributed by atoms with E-state index in [4.69, 9.17) is 0 Å². The highest BCUT2D eigenvalue weighted by Gasteiger charge is 2.62. The Morgan fingerprint density at radius 2 is 1.07 bits per heavy atom. The van der Waals surface area contributed by atoms with Crippen LogP contribution in [0.1, 0.15) is 165 Å². The lowest BCUT2D eigenvalue weighted by Gasteiger charge is -2.53. The minimum absolute atomic E-state index is 0.0316. The molecule has 2 unspecified atom stereocenters. The molecule has 0 bridgehead atoms. The van der Waals surface area contributed by atoms with Gasteiger partial charge >= 0.3 is 0 Å². The number of rotatable bonds is 4. The van der Waals surface area contributed by atoms with Crippen molar-refractivity contribution < 1.29 is 0 Å². The van der Waals surface area contributed by atoms with Crippen LogP contribution >= 0.6 is 11.3 Å². The molecule has 1 fully saturated rings. The fourth-order valence-corrected chi connectivity index (χ4v) is 17.4. The van der Waals surface area contributed by atoms with Crippen LogP contribution in [-0.2, 0) is 27.1 Å². The van der Waals surface area contributed by atoms with Crippen LogP contribution in [0.2, 0.25) is 0 Å². The largest absolute Gasteiger partial charge is 0.335 e. The summed E-state index contributed by atoms with van der Waals surface area (Å²) in [4.78, 5) is 8.23. The number of nitrogens with zero attached hydrogens (tertiary/aromatic N) is 3. The molecule has 74 heavy (non-hydrogen) atoms. The van der Waals surface area contributed by atoms with Gasteiger partial charge in [0.1, 0.15) is 0 Å². The zero-order chi connectivity index (χ0) is 51.4. The third kappa shape index (κ3) is 6.20. The van der Waals surface area contributed by atoms with E-state index in [1.807, 2.05) is 11.3 Å². The molecule has 14 rings (SSSR count). The molecule has 0 spiro atoms. The van der Waals surface area contributed by atoms with Gasteiger partial charge < -0.3 is 14.7 Å². The summed E-state index contributed by atoms with van der Waals surface area (Å²) in [6.45, 7) is 32.2. The van der Waals surface area contributed by atoms with Gasteiger partial charge in [0.15, 0.2) is 0 Å². The molecule has 1 aromatic heterocycles. The number of hydrogen-bond donors (Lipinski definition) is 0. The molecular formula is C69H74BN3S. The maximum Gasteiger partial charge on any atom is 0.252 e. The smallest absolute Gasteiger partial charge is 0.252 e. The van der Waals surface area contributed by atoms with Crippen LogP contribution in [0.25, 0.3) is 20.2 Å². The second-order valence-electron chi connectivity index (χ2n) is 27.1. The molecule has 8 aromatic rings. The third-order valence-corrected chi connectivity index (χ3v) is 21.9. The normalized spacial score (nSPS) is 23.0. The van der Waals surface area contributed by atoms with E-state index in [1.54, 1.807) is 5.56 Å². The lowest BCUT2D eigenvalue weighted by molar-refractivity contribution is 0.194. The van der Waals surface area contributed by atoms with Gasteiger partial charge in [-0.25, -0.2) is 0 Å². The number of thiophene rings is 1. The van der Waals surface area contributed by atoms with Crippen LogP contribution in [0.5, 0.6) is 0 Å². The molecule has 5 heteroatoms. The fraction of sp³-hybridized carbons (Fsp3) is 0.391. The molecule has 374 valence electrons. The van der Waals surface area contributed by atoms with Crippen molar-refractivity contribution in [3.05, 3.63) is 160 Å². The summed E-state index contributed by atoms with van der Waals surface area (Å²) in [5.41, 5.74) is 26.9. The number of fused-ring (bicyclic) bond motifs is 12. The monoisotopic (exact) mass is 988 g/mol. The van der Waals surface area contributed by atoms with Crippen LogP contribution in [0.15, 0.2) is 115 Å². The van der Waals surface area contributed by atoms with E-state index in [0.717, 1.165) is 0 Å². The maximum absolute atomic E-state index is 2.91. The van der Waals surface area contributed by atoms with Gasteiger partial charge in [0.05, 0.1) is 5.54 Å². The number of benzene rings is 7. The maximum atomic E-state index is 2.91. The highest BCUT2D eigenvalue weighted by atomic mass is 32.1. The van der Waals surface area contributed by atoms with Crippen molar-refractivity contribution in [3.8, 4) is 0 Å². The quantitative estimate of drug-likeness (QED) is 0.163. The second kappa shape index (κ2) is 15.2. The summed E-state index contributed by atoms with van der Waals surface area (Å²) in [6, 6.07) is 46.6. The first kappa shape index (κ1) is 46.7. The first-order valence-corrected chi connectivity index (χ1v) is 29.0. The first-order valence-electron chi connectivity index (χ1n) is 28.2. The molecule has 1 saturated carbocycles. The summed E-state index contributed by atoms with van der Waals surface area (Å²) < 4.78 is 2.67. The summed E-state index contributed by atoms with van der Waals surface area (Å²) in [6.07, 6.45) is 9.72. The molecule has 6 aliphatic rings. The molecule has 0 radical (unpaired) electrons. The molecule has 0 amide bonds. The van der Waals surface area contributed by atoms with Crippen molar-refractivity contribution in [2.24, 2.45) is 0 Å². The third-order valence-electron chi connectivity index (χ3n) is 20.8. The summed E-state index contributed by atoms with van der Waals surface area (Å²) in [7, 11) is 0.